The molecule has 0 radical (unpaired) electrons. The maximum atomic E-state index is 13.1. The molecule has 8 heteroatoms. The average Bonchev–Trinajstić information content (AvgIpc) is 3.41. The number of amides is 2. The van der Waals surface area contributed by atoms with Crippen LogP contribution < -0.4 is 0 Å². The van der Waals surface area contributed by atoms with Gasteiger partial charge in [-0.3, -0.25) is 9.69 Å². The molecule has 2 bridgehead atoms. The van der Waals surface area contributed by atoms with E-state index in [4.69, 9.17) is 9.47 Å². The van der Waals surface area contributed by atoms with Gasteiger partial charge < -0.3 is 19.3 Å². The highest BCUT2D eigenvalue weighted by Crippen LogP contribution is 2.37. The van der Waals surface area contributed by atoms with Gasteiger partial charge in [0.25, 0.3) is 0 Å². The molecule has 0 atom stereocenters. The third kappa shape index (κ3) is 3.51. The summed E-state index contributed by atoms with van der Waals surface area (Å²) in [5.74, 6) is 0.0365. The van der Waals surface area contributed by atoms with E-state index >= 15 is 0 Å². The number of hydrogen-bond donors (Lipinski definition) is 0. The van der Waals surface area contributed by atoms with Crippen molar-refractivity contribution in [3.8, 4) is 0 Å². The summed E-state index contributed by atoms with van der Waals surface area (Å²) in [4.78, 5) is 43.3. The van der Waals surface area contributed by atoms with E-state index in [9.17, 15) is 14.4 Å². The molecule has 5 saturated heterocycles. The molecule has 5 aliphatic heterocycles. The van der Waals surface area contributed by atoms with E-state index in [1.54, 1.807) is 9.80 Å². The zero-order chi connectivity index (χ0) is 18.9. The first-order valence-electron chi connectivity index (χ1n) is 10.2. The van der Waals surface area contributed by atoms with Crippen molar-refractivity contribution in [3.05, 3.63) is 0 Å². The van der Waals surface area contributed by atoms with Crippen molar-refractivity contribution < 1.29 is 23.9 Å². The molecule has 5 fully saturated rings. The largest absolute Gasteiger partial charge is 0.447 e. The summed E-state index contributed by atoms with van der Waals surface area (Å²) in [6.07, 6.45) is 4.88. The summed E-state index contributed by atoms with van der Waals surface area (Å²) in [5.41, 5.74) is -1.02. The first kappa shape index (κ1) is 18.5. The van der Waals surface area contributed by atoms with Crippen LogP contribution in [0.3, 0.4) is 0 Å². The number of rotatable bonds is 4. The van der Waals surface area contributed by atoms with E-state index in [0.29, 0.717) is 26.2 Å². The van der Waals surface area contributed by atoms with Gasteiger partial charge in [0.05, 0.1) is 0 Å². The molecule has 0 spiro atoms. The van der Waals surface area contributed by atoms with Crippen LogP contribution in [0.4, 0.5) is 9.59 Å². The Morgan fingerprint density at radius 2 is 1.26 bits per heavy atom. The summed E-state index contributed by atoms with van der Waals surface area (Å²) >= 11 is 0. The van der Waals surface area contributed by atoms with Crippen LogP contribution >= 0.6 is 0 Å². The zero-order valence-electron chi connectivity index (χ0n) is 15.9. The molecule has 150 valence electrons. The molecule has 27 heavy (non-hydrogen) atoms. The van der Waals surface area contributed by atoms with E-state index in [1.165, 1.54) is 0 Å². The molecule has 0 saturated carbocycles. The summed E-state index contributed by atoms with van der Waals surface area (Å²) < 4.78 is 11.1. The molecule has 0 aromatic rings. The predicted molar refractivity (Wildman–Crippen MR) is 96.3 cm³/mol. The Hall–Kier alpha value is -1.83. The van der Waals surface area contributed by atoms with Crippen molar-refractivity contribution in [2.24, 2.45) is 5.92 Å². The van der Waals surface area contributed by atoms with Crippen LogP contribution in [0.1, 0.15) is 38.5 Å². The van der Waals surface area contributed by atoms with Gasteiger partial charge >= 0.3 is 12.2 Å². The number of piperidine rings is 3. The summed E-state index contributed by atoms with van der Waals surface area (Å²) in [5, 5.41) is 0. The molecule has 5 aliphatic rings. The lowest BCUT2D eigenvalue weighted by molar-refractivity contribution is -0.157. The Morgan fingerprint density at radius 3 is 1.67 bits per heavy atom. The van der Waals surface area contributed by atoms with Crippen molar-refractivity contribution in [2.45, 2.75) is 44.1 Å². The van der Waals surface area contributed by atoms with E-state index in [-0.39, 0.29) is 37.1 Å². The fourth-order valence-electron chi connectivity index (χ4n) is 4.82. The topological polar surface area (TPSA) is 79.4 Å². The Kier molecular flexibility index (Phi) is 5.25. The van der Waals surface area contributed by atoms with Gasteiger partial charge in [-0.15, -0.1) is 0 Å². The number of ether oxygens (including phenoxy) is 2. The quantitative estimate of drug-likeness (QED) is 0.736. The predicted octanol–water partition coefficient (Wildman–Crippen LogP) is 1.48. The number of Topliss-reactive ketones (excluding diaryl/α,β-unsaturated/α-hetero) is 1. The molecular formula is C19H29N3O5. The number of carbonyl (C=O) groups is 3. The Bertz CT molecular complexity index is 558. The highest BCUT2D eigenvalue weighted by molar-refractivity contribution is 5.93. The van der Waals surface area contributed by atoms with Crippen LogP contribution in [0.15, 0.2) is 0 Å². The van der Waals surface area contributed by atoms with E-state index in [2.05, 4.69) is 4.90 Å². The zero-order valence-corrected chi connectivity index (χ0v) is 15.9. The maximum absolute atomic E-state index is 13.1. The third-order valence-electron chi connectivity index (χ3n) is 6.53. The Balaban J connectivity index is 1.44. The van der Waals surface area contributed by atoms with Gasteiger partial charge in [-0.1, -0.05) is 0 Å². The lowest BCUT2D eigenvalue weighted by atomic mass is 9.74. The second-order valence-corrected chi connectivity index (χ2v) is 8.15. The highest BCUT2D eigenvalue weighted by atomic mass is 16.6. The van der Waals surface area contributed by atoms with E-state index < -0.39 is 5.54 Å². The lowest BCUT2D eigenvalue weighted by Crippen LogP contribution is -2.69. The van der Waals surface area contributed by atoms with Crippen molar-refractivity contribution >= 4 is 18.0 Å². The van der Waals surface area contributed by atoms with Crippen molar-refractivity contribution in [1.29, 1.82) is 0 Å². The lowest BCUT2D eigenvalue weighted by Gasteiger charge is -2.51. The van der Waals surface area contributed by atoms with Gasteiger partial charge in [0.1, 0.15) is 18.8 Å². The molecular weight excluding hydrogens is 350 g/mol. The van der Waals surface area contributed by atoms with Crippen LogP contribution in [0, 0.1) is 5.92 Å². The minimum atomic E-state index is -1.02. The molecule has 0 N–H and O–H groups in total. The van der Waals surface area contributed by atoms with E-state index in [0.717, 1.165) is 51.6 Å². The standard InChI is InChI=1S/C19H29N3O5/c23-16-15-5-11-22(12-6-15)19(16,13-26-17(24)20-7-1-2-8-20)14-27-18(25)21-9-3-4-10-21/h15H,1-14H2. The number of ketones is 1. The second-order valence-electron chi connectivity index (χ2n) is 8.15. The average molecular weight is 379 g/mol. The molecule has 5 heterocycles. The summed E-state index contributed by atoms with van der Waals surface area (Å²) in [7, 11) is 0. The van der Waals surface area contributed by atoms with Crippen molar-refractivity contribution in [3.63, 3.8) is 0 Å². The molecule has 0 aromatic carbocycles. The SMILES string of the molecule is O=C(OCC1(COC(=O)N2CCCC2)C(=O)C2CCN1CC2)N1CCCC1. The number of nitrogens with zero attached hydrogens (tertiary/aromatic N) is 3. The smallest absolute Gasteiger partial charge is 0.409 e. The molecule has 5 rings (SSSR count). The first-order chi connectivity index (χ1) is 13.1. The number of likely N-dealkylation sites (tertiary alicyclic amines) is 2. The van der Waals surface area contributed by atoms with Crippen LogP contribution in [0.25, 0.3) is 0 Å². The van der Waals surface area contributed by atoms with Crippen LogP contribution in [0.2, 0.25) is 0 Å². The molecule has 2 amide bonds. The number of fused-ring (bicyclic) bond motifs is 3. The summed E-state index contributed by atoms with van der Waals surface area (Å²) in [6.45, 7) is 4.30. The minimum Gasteiger partial charge on any atom is -0.447 e. The second kappa shape index (κ2) is 7.66. The molecule has 0 aromatic heterocycles. The number of hydrogen-bond acceptors (Lipinski definition) is 6. The Morgan fingerprint density at radius 1 is 0.815 bits per heavy atom. The monoisotopic (exact) mass is 379 g/mol. The highest BCUT2D eigenvalue weighted by Gasteiger charge is 2.55. The Labute approximate surface area is 159 Å². The maximum Gasteiger partial charge on any atom is 0.409 e. The summed E-state index contributed by atoms with van der Waals surface area (Å²) in [6, 6.07) is 0. The van der Waals surface area contributed by atoms with Gasteiger partial charge in [0, 0.05) is 45.2 Å². The third-order valence-corrected chi connectivity index (χ3v) is 6.53. The number of carbonyl (C=O) groups excluding carboxylic acids is 3. The van der Waals surface area contributed by atoms with E-state index in [1.807, 2.05) is 0 Å². The van der Waals surface area contributed by atoms with Crippen LogP contribution in [0.5, 0.6) is 0 Å². The van der Waals surface area contributed by atoms with Gasteiger partial charge in [-0.05, 0) is 38.5 Å². The van der Waals surface area contributed by atoms with Gasteiger partial charge in [0.2, 0.25) is 0 Å². The van der Waals surface area contributed by atoms with Gasteiger partial charge in [0.15, 0.2) is 5.78 Å². The normalized spacial score (nSPS) is 29.3. The molecule has 0 unspecified atom stereocenters. The van der Waals surface area contributed by atoms with Gasteiger partial charge in [-0.25, -0.2) is 9.59 Å². The van der Waals surface area contributed by atoms with Crippen molar-refractivity contribution in [1.82, 2.24) is 14.7 Å². The van der Waals surface area contributed by atoms with Crippen LogP contribution in [-0.4, -0.2) is 90.7 Å². The molecule has 0 aliphatic carbocycles. The van der Waals surface area contributed by atoms with Crippen molar-refractivity contribution in [2.75, 3.05) is 52.5 Å². The first-order valence-corrected chi connectivity index (χ1v) is 10.2. The minimum absolute atomic E-state index is 0.0222. The molecule has 8 nitrogen and oxygen atoms in total. The fourth-order valence-corrected chi connectivity index (χ4v) is 4.82. The van der Waals surface area contributed by atoms with Crippen LogP contribution in [-0.2, 0) is 14.3 Å². The fraction of sp³-hybridized carbons (Fsp3) is 0.842. The van der Waals surface area contributed by atoms with Gasteiger partial charge in [-0.2, -0.15) is 0 Å².